The average Bonchev–Trinajstić information content (AvgIpc) is 2.98. The molecule has 0 saturated heterocycles. The zero-order valence-electron chi connectivity index (χ0n) is 16.9. The van der Waals surface area contributed by atoms with Crippen molar-refractivity contribution < 1.29 is 8.42 Å². The molecule has 0 saturated carbocycles. The molecule has 1 aliphatic rings. The van der Waals surface area contributed by atoms with Gasteiger partial charge in [-0.15, -0.1) is 11.3 Å². The summed E-state index contributed by atoms with van der Waals surface area (Å²) >= 11 is 3.14. The molecule has 3 rings (SSSR count). The number of aromatic nitrogens is 2. The SMILES string of the molecule is CNS(=O)(=O)CCCSc1nc2sc3c(c2c(=O)n1CC(C)C)CCC(C)C3. The van der Waals surface area contributed by atoms with E-state index >= 15 is 0 Å². The molecular formula is C19H29N3O3S3. The third-order valence-corrected chi connectivity index (χ3v) is 8.69. The first-order chi connectivity index (χ1) is 13.2. The van der Waals surface area contributed by atoms with Crippen molar-refractivity contribution in [1.82, 2.24) is 14.3 Å². The van der Waals surface area contributed by atoms with E-state index in [1.807, 2.05) is 0 Å². The molecule has 1 aliphatic carbocycles. The molecule has 0 aromatic carbocycles. The second kappa shape index (κ2) is 8.85. The van der Waals surface area contributed by atoms with Crippen LogP contribution in [-0.2, 0) is 29.4 Å². The second-order valence-corrected chi connectivity index (χ2v) is 12.2. The van der Waals surface area contributed by atoms with E-state index in [2.05, 4.69) is 25.5 Å². The van der Waals surface area contributed by atoms with Crippen molar-refractivity contribution in [3.05, 3.63) is 20.8 Å². The Morgan fingerprint density at radius 3 is 2.82 bits per heavy atom. The van der Waals surface area contributed by atoms with Gasteiger partial charge in [-0.25, -0.2) is 18.1 Å². The summed E-state index contributed by atoms with van der Waals surface area (Å²) in [6.45, 7) is 7.07. The minimum Gasteiger partial charge on any atom is -0.287 e. The Morgan fingerprint density at radius 1 is 1.39 bits per heavy atom. The first kappa shape index (κ1) is 21.8. The number of hydrogen-bond donors (Lipinski definition) is 1. The van der Waals surface area contributed by atoms with Crippen LogP contribution in [0.3, 0.4) is 0 Å². The van der Waals surface area contributed by atoms with E-state index in [4.69, 9.17) is 4.98 Å². The van der Waals surface area contributed by atoms with E-state index in [9.17, 15) is 13.2 Å². The number of nitrogens with one attached hydrogen (secondary N) is 1. The molecule has 0 bridgehead atoms. The van der Waals surface area contributed by atoms with Crippen LogP contribution in [0.4, 0.5) is 0 Å². The highest BCUT2D eigenvalue weighted by Crippen LogP contribution is 2.36. The molecular weight excluding hydrogens is 414 g/mol. The van der Waals surface area contributed by atoms with Crippen LogP contribution in [0.1, 0.15) is 44.1 Å². The lowest BCUT2D eigenvalue weighted by Gasteiger charge is -2.18. The number of sulfonamides is 1. The van der Waals surface area contributed by atoms with E-state index < -0.39 is 10.0 Å². The summed E-state index contributed by atoms with van der Waals surface area (Å²) in [5, 5.41) is 1.52. The third kappa shape index (κ3) is 4.80. The Bertz CT molecular complexity index is 1010. The minimum atomic E-state index is -3.20. The molecule has 9 heteroatoms. The summed E-state index contributed by atoms with van der Waals surface area (Å²) in [6.07, 6.45) is 3.63. The number of rotatable bonds is 8. The molecule has 2 aromatic heterocycles. The summed E-state index contributed by atoms with van der Waals surface area (Å²) in [6, 6.07) is 0. The number of thioether (sulfide) groups is 1. The molecule has 1 atom stereocenters. The normalized spacial score (nSPS) is 17.4. The maximum Gasteiger partial charge on any atom is 0.263 e. The fourth-order valence-electron chi connectivity index (χ4n) is 3.56. The van der Waals surface area contributed by atoms with Gasteiger partial charge in [0.2, 0.25) is 10.0 Å². The predicted octanol–water partition coefficient (Wildman–Crippen LogP) is 3.27. The van der Waals surface area contributed by atoms with Crippen molar-refractivity contribution in [2.45, 2.75) is 58.2 Å². The van der Waals surface area contributed by atoms with Gasteiger partial charge in [0, 0.05) is 17.2 Å². The Kier molecular flexibility index (Phi) is 6.89. The van der Waals surface area contributed by atoms with Crippen molar-refractivity contribution in [1.29, 1.82) is 0 Å². The highest BCUT2D eigenvalue weighted by atomic mass is 32.2. The third-order valence-electron chi connectivity index (χ3n) is 5.03. The van der Waals surface area contributed by atoms with Gasteiger partial charge in [0.15, 0.2) is 5.16 Å². The van der Waals surface area contributed by atoms with E-state index in [1.54, 1.807) is 15.9 Å². The fourth-order valence-corrected chi connectivity index (χ4v) is 6.84. The van der Waals surface area contributed by atoms with Crippen molar-refractivity contribution >= 4 is 43.3 Å². The second-order valence-electron chi connectivity index (χ2n) is 7.96. The first-order valence-electron chi connectivity index (χ1n) is 9.81. The highest BCUT2D eigenvalue weighted by molar-refractivity contribution is 7.99. The molecule has 156 valence electrons. The minimum absolute atomic E-state index is 0.0658. The average molecular weight is 444 g/mol. The molecule has 0 aliphatic heterocycles. The van der Waals surface area contributed by atoms with Crippen LogP contribution < -0.4 is 10.3 Å². The van der Waals surface area contributed by atoms with Crippen LogP contribution in [0.25, 0.3) is 10.2 Å². The van der Waals surface area contributed by atoms with E-state index in [1.165, 1.54) is 29.3 Å². The van der Waals surface area contributed by atoms with Crippen LogP contribution in [0, 0.1) is 11.8 Å². The number of aryl methyl sites for hydroxylation is 1. The van der Waals surface area contributed by atoms with Gasteiger partial charge in [0.05, 0.1) is 11.1 Å². The molecule has 0 radical (unpaired) electrons. The first-order valence-corrected chi connectivity index (χ1v) is 13.3. The van der Waals surface area contributed by atoms with Crippen molar-refractivity contribution in [2.75, 3.05) is 18.6 Å². The summed E-state index contributed by atoms with van der Waals surface area (Å²) in [5.41, 5.74) is 1.28. The standard InChI is InChI=1S/C19H29N3O3S3/c1-12(2)11-22-18(23)16-14-7-6-13(3)10-15(14)27-17(16)21-19(22)26-8-5-9-28(24,25)20-4/h12-13,20H,5-11H2,1-4H3. The Balaban J connectivity index is 1.93. The number of nitrogens with zero attached hydrogens (tertiary/aromatic N) is 2. The molecule has 1 unspecified atom stereocenters. The van der Waals surface area contributed by atoms with Crippen LogP contribution in [0.15, 0.2) is 9.95 Å². The van der Waals surface area contributed by atoms with Gasteiger partial charge in [-0.3, -0.25) is 9.36 Å². The summed E-state index contributed by atoms with van der Waals surface area (Å²) in [5.74, 6) is 1.68. The van der Waals surface area contributed by atoms with E-state index in [-0.39, 0.29) is 11.3 Å². The van der Waals surface area contributed by atoms with Crippen LogP contribution in [0.2, 0.25) is 0 Å². The number of fused-ring (bicyclic) bond motifs is 3. The zero-order valence-corrected chi connectivity index (χ0v) is 19.4. The molecule has 0 amide bonds. The quantitative estimate of drug-likeness (QED) is 0.385. The van der Waals surface area contributed by atoms with Gasteiger partial charge in [0.1, 0.15) is 4.83 Å². The number of hydrogen-bond acceptors (Lipinski definition) is 6. The summed E-state index contributed by atoms with van der Waals surface area (Å²) in [7, 11) is -1.78. The fraction of sp³-hybridized carbons (Fsp3) is 0.684. The van der Waals surface area contributed by atoms with Gasteiger partial charge in [-0.05, 0) is 50.1 Å². The van der Waals surface area contributed by atoms with Crippen LogP contribution >= 0.6 is 23.1 Å². The van der Waals surface area contributed by atoms with E-state index in [0.29, 0.717) is 35.7 Å². The van der Waals surface area contributed by atoms with Gasteiger partial charge < -0.3 is 0 Å². The summed E-state index contributed by atoms with van der Waals surface area (Å²) in [4.78, 5) is 20.4. The molecule has 0 fully saturated rings. The Morgan fingerprint density at radius 2 is 2.14 bits per heavy atom. The highest BCUT2D eigenvalue weighted by Gasteiger charge is 2.25. The summed E-state index contributed by atoms with van der Waals surface area (Å²) < 4.78 is 27.3. The smallest absolute Gasteiger partial charge is 0.263 e. The van der Waals surface area contributed by atoms with Crippen molar-refractivity contribution in [2.24, 2.45) is 11.8 Å². The van der Waals surface area contributed by atoms with E-state index in [0.717, 1.165) is 29.5 Å². The Labute approximate surface area is 175 Å². The Hall–Kier alpha value is -0.900. The van der Waals surface area contributed by atoms with Crippen molar-refractivity contribution in [3.8, 4) is 0 Å². The molecule has 0 spiro atoms. The maximum absolute atomic E-state index is 13.3. The lowest BCUT2D eigenvalue weighted by molar-refractivity contribution is 0.474. The monoisotopic (exact) mass is 443 g/mol. The van der Waals surface area contributed by atoms with Crippen LogP contribution in [0.5, 0.6) is 0 Å². The van der Waals surface area contributed by atoms with Crippen LogP contribution in [-0.4, -0.2) is 36.5 Å². The number of thiophene rings is 1. The topological polar surface area (TPSA) is 81.1 Å². The molecule has 6 nitrogen and oxygen atoms in total. The molecule has 1 N–H and O–H groups in total. The lowest BCUT2D eigenvalue weighted by Crippen LogP contribution is -2.26. The largest absolute Gasteiger partial charge is 0.287 e. The maximum atomic E-state index is 13.3. The molecule has 2 aromatic rings. The molecule has 28 heavy (non-hydrogen) atoms. The van der Waals surface area contributed by atoms with Crippen molar-refractivity contribution in [3.63, 3.8) is 0 Å². The predicted molar refractivity (Wildman–Crippen MR) is 118 cm³/mol. The van der Waals surface area contributed by atoms with Gasteiger partial charge in [0.25, 0.3) is 5.56 Å². The van der Waals surface area contributed by atoms with Gasteiger partial charge >= 0.3 is 0 Å². The van der Waals surface area contributed by atoms with Gasteiger partial charge in [-0.2, -0.15) is 0 Å². The van der Waals surface area contributed by atoms with Gasteiger partial charge in [-0.1, -0.05) is 32.5 Å². The lowest BCUT2D eigenvalue weighted by atomic mass is 9.89. The zero-order chi connectivity index (χ0) is 20.5. The molecule has 2 heterocycles.